The van der Waals surface area contributed by atoms with Crippen LogP contribution < -0.4 is 0 Å². The topological polar surface area (TPSA) is 32.3 Å². The number of hydrogen-bond acceptors (Lipinski definition) is 5. The molecule has 0 aliphatic carbocycles. The standard InChI is InChI=1S/C22H29F3N4S/c1-28(15-19-12-26-21(30-2)27-13-19)14-18-6-4-9-29(16-18)10-8-17-5-3-7-20(11-17)22(23,24)25/h3,5,7,11-13,18H,4,6,8-10,14-16H2,1-2H3/t18-/m0/s1. The molecule has 1 fully saturated rings. The fraction of sp³-hybridized carbons (Fsp3) is 0.545. The molecule has 1 aromatic carbocycles. The smallest absolute Gasteiger partial charge is 0.303 e. The number of piperidine rings is 1. The molecule has 1 atom stereocenters. The van der Waals surface area contributed by atoms with Crippen molar-refractivity contribution in [2.45, 2.75) is 37.1 Å². The first-order valence-corrected chi connectivity index (χ1v) is 11.5. The minimum Gasteiger partial charge on any atom is -0.303 e. The Hall–Kier alpha value is -1.64. The lowest BCUT2D eigenvalue weighted by atomic mass is 9.97. The molecule has 1 aliphatic rings. The number of rotatable bonds is 8. The molecule has 1 aromatic heterocycles. The van der Waals surface area contributed by atoms with Crippen molar-refractivity contribution in [3.05, 3.63) is 53.3 Å². The third-order valence-corrected chi connectivity index (χ3v) is 6.04. The summed E-state index contributed by atoms with van der Waals surface area (Å²) in [4.78, 5) is 13.4. The molecule has 30 heavy (non-hydrogen) atoms. The van der Waals surface area contributed by atoms with Crippen molar-refractivity contribution in [1.29, 1.82) is 0 Å². The summed E-state index contributed by atoms with van der Waals surface area (Å²) in [6, 6.07) is 5.70. The first-order chi connectivity index (χ1) is 14.3. The fourth-order valence-electron chi connectivity index (χ4n) is 4.04. The average molecular weight is 439 g/mol. The van der Waals surface area contributed by atoms with E-state index < -0.39 is 11.7 Å². The molecule has 0 saturated carbocycles. The molecule has 1 aliphatic heterocycles. The highest BCUT2D eigenvalue weighted by Crippen LogP contribution is 2.29. The quantitative estimate of drug-likeness (QED) is 0.444. The molecule has 4 nitrogen and oxygen atoms in total. The van der Waals surface area contributed by atoms with Gasteiger partial charge >= 0.3 is 6.18 Å². The van der Waals surface area contributed by atoms with Gasteiger partial charge in [-0.3, -0.25) is 0 Å². The van der Waals surface area contributed by atoms with Gasteiger partial charge in [-0.1, -0.05) is 30.0 Å². The molecule has 8 heteroatoms. The van der Waals surface area contributed by atoms with Crippen molar-refractivity contribution in [1.82, 2.24) is 19.8 Å². The monoisotopic (exact) mass is 438 g/mol. The zero-order valence-corrected chi connectivity index (χ0v) is 18.3. The van der Waals surface area contributed by atoms with Crippen LogP contribution in [0.15, 0.2) is 41.8 Å². The van der Waals surface area contributed by atoms with E-state index in [1.807, 2.05) is 18.6 Å². The minimum absolute atomic E-state index is 0.562. The summed E-state index contributed by atoms with van der Waals surface area (Å²) in [6.07, 6.45) is 4.42. The summed E-state index contributed by atoms with van der Waals surface area (Å²) < 4.78 is 38.7. The van der Waals surface area contributed by atoms with E-state index in [4.69, 9.17) is 0 Å². The lowest BCUT2D eigenvalue weighted by Crippen LogP contribution is -2.40. The largest absolute Gasteiger partial charge is 0.416 e. The molecule has 0 spiro atoms. The fourth-order valence-corrected chi connectivity index (χ4v) is 4.36. The predicted molar refractivity (Wildman–Crippen MR) is 114 cm³/mol. The van der Waals surface area contributed by atoms with E-state index in [-0.39, 0.29) is 0 Å². The Morgan fingerprint density at radius 2 is 1.97 bits per heavy atom. The number of thioether (sulfide) groups is 1. The number of nitrogens with zero attached hydrogens (tertiary/aromatic N) is 4. The molecule has 0 unspecified atom stereocenters. The predicted octanol–water partition coefficient (Wildman–Crippen LogP) is 4.60. The first-order valence-electron chi connectivity index (χ1n) is 10.3. The zero-order chi connectivity index (χ0) is 21.6. The van der Waals surface area contributed by atoms with Crippen molar-refractivity contribution in [2.24, 2.45) is 5.92 Å². The average Bonchev–Trinajstić information content (AvgIpc) is 2.72. The van der Waals surface area contributed by atoms with Crippen LogP contribution in [0, 0.1) is 5.92 Å². The second-order valence-corrected chi connectivity index (χ2v) is 8.81. The number of hydrogen-bond donors (Lipinski definition) is 0. The molecule has 0 amide bonds. The molecule has 0 bridgehead atoms. The Morgan fingerprint density at radius 1 is 1.20 bits per heavy atom. The van der Waals surface area contributed by atoms with Crippen LogP contribution in [0.1, 0.15) is 29.5 Å². The minimum atomic E-state index is -4.28. The van der Waals surface area contributed by atoms with Crippen LogP contribution in [-0.2, 0) is 19.1 Å². The van der Waals surface area contributed by atoms with E-state index >= 15 is 0 Å². The van der Waals surface area contributed by atoms with Crippen LogP contribution >= 0.6 is 11.8 Å². The van der Waals surface area contributed by atoms with Gasteiger partial charge in [0.05, 0.1) is 5.56 Å². The molecule has 0 N–H and O–H groups in total. The Kier molecular flexibility index (Phi) is 8.13. The molecule has 2 aromatic rings. The van der Waals surface area contributed by atoms with Crippen molar-refractivity contribution >= 4 is 11.8 Å². The Labute approximate surface area is 180 Å². The molecule has 3 rings (SSSR count). The van der Waals surface area contributed by atoms with Gasteiger partial charge in [-0.2, -0.15) is 13.2 Å². The summed E-state index contributed by atoms with van der Waals surface area (Å²) in [5.41, 5.74) is 1.29. The van der Waals surface area contributed by atoms with E-state index in [1.165, 1.54) is 30.3 Å². The van der Waals surface area contributed by atoms with Crippen molar-refractivity contribution in [3.8, 4) is 0 Å². The number of benzene rings is 1. The van der Waals surface area contributed by atoms with Gasteiger partial charge in [0.15, 0.2) is 5.16 Å². The van der Waals surface area contributed by atoms with Crippen LogP contribution in [0.2, 0.25) is 0 Å². The van der Waals surface area contributed by atoms with Crippen molar-refractivity contribution in [2.75, 3.05) is 39.5 Å². The van der Waals surface area contributed by atoms with Gasteiger partial charge in [0.2, 0.25) is 0 Å². The number of halogens is 3. The highest BCUT2D eigenvalue weighted by atomic mass is 32.2. The lowest BCUT2D eigenvalue weighted by molar-refractivity contribution is -0.137. The Balaban J connectivity index is 1.46. The lowest BCUT2D eigenvalue weighted by Gasteiger charge is -2.34. The number of likely N-dealkylation sites (tertiary alicyclic amines) is 1. The Morgan fingerprint density at radius 3 is 2.67 bits per heavy atom. The zero-order valence-electron chi connectivity index (χ0n) is 17.5. The maximum atomic E-state index is 12.9. The second kappa shape index (κ2) is 10.6. The maximum absolute atomic E-state index is 12.9. The molecule has 2 heterocycles. The van der Waals surface area contributed by atoms with Crippen LogP contribution in [0.5, 0.6) is 0 Å². The molecular weight excluding hydrogens is 409 g/mol. The Bertz CT molecular complexity index is 798. The van der Waals surface area contributed by atoms with Gasteiger partial charge in [0.1, 0.15) is 0 Å². The van der Waals surface area contributed by atoms with Gasteiger partial charge in [0, 0.05) is 44.1 Å². The third-order valence-electron chi connectivity index (χ3n) is 5.46. The van der Waals surface area contributed by atoms with Crippen LogP contribution in [-0.4, -0.2) is 59.3 Å². The highest BCUT2D eigenvalue weighted by Gasteiger charge is 2.30. The molecular formula is C22H29F3N4S. The summed E-state index contributed by atoms with van der Waals surface area (Å²) >= 11 is 1.53. The molecule has 1 saturated heterocycles. The van der Waals surface area contributed by atoms with E-state index in [9.17, 15) is 13.2 Å². The molecule has 0 radical (unpaired) electrons. The van der Waals surface area contributed by atoms with E-state index in [1.54, 1.807) is 6.07 Å². The summed E-state index contributed by atoms with van der Waals surface area (Å²) in [5.74, 6) is 0.566. The van der Waals surface area contributed by atoms with E-state index in [2.05, 4.69) is 26.8 Å². The SMILES string of the molecule is CSc1ncc(CN(C)C[C@@H]2CCCN(CCc3cccc(C(F)(F)F)c3)C2)cn1. The van der Waals surface area contributed by atoms with Crippen LogP contribution in [0.25, 0.3) is 0 Å². The van der Waals surface area contributed by atoms with Gasteiger partial charge in [-0.05, 0) is 56.7 Å². The van der Waals surface area contributed by atoms with Crippen molar-refractivity contribution < 1.29 is 13.2 Å². The number of alkyl halides is 3. The van der Waals surface area contributed by atoms with Gasteiger partial charge in [0.25, 0.3) is 0 Å². The normalized spacial score (nSPS) is 18.1. The molecule has 164 valence electrons. The van der Waals surface area contributed by atoms with E-state index in [0.29, 0.717) is 12.3 Å². The summed E-state index contributed by atoms with van der Waals surface area (Å²) in [6.45, 7) is 4.61. The van der Waals surface area contributed by atoms with Crippen LogP contribution in [0.4, 0.5) is 13.2 Å². The maximum Gasteiger partial charge on any atom is 0.416 e. The second-order valence-electron chi connectivity index (χ2n) is 8.03. The van der Waals surface area contributed by atoms with Gasteiger partial charge < -0.3 is 9.80 Å². The van der Waals surface area contributed by atoms with Crippen molar-refractivity contribution in [3.63, 3.8) is 0 Å². The van der Waals surface area contributed by atoms with E-state index in [0.717, 1.165) is 61.5 Å². The summed E-state index contributed by atoms with van der Waals surface area (Å²) in [7, 11) is 2.12. The van der Waals surface area contributed by atoms with Gasteiger partial charge in [-0.25, -0.2) is 9.97 Å². The first kappa shape index (κ1) is 23.0. The number of aromatic nitrogens is 2. The third kappa shape index (κ3) is 6.96. The summed E-state index contributed by atoms with van der Waals surface area (Å²) in [5, 5.41) is 0.782. The highest BCUT2D eigenvalue weighted by molar-refractivity contribution is 7.98. The van der Waals surface area contributed by atoms with Gasteiger partial charge in [-0.15, -0.1) is 0 Å². The van der Waals surface area contributed by atoms with Crippen LogP contribution in [0.3, 0.4) is 0 Å².